The van der Waals surface area contributed by atoms with Crippen molar-refractivity contribution in [3.8, 4) is 5.75 Å². The molecule has 0 aliphatic heterocycles. The van der Waals surface area contributed by atoms with Crippen molar-refractivity contribution in [1.29, 1.82) is 0 Å². The first-order chi connectivity index (χ1) is 9.06. The predicted molar refractivity (Wildman–Crippen MR) is 75.3 cm³/mol. The zero-order valence-corrected chi connectivity index (χ0v) is 11.7. The van der Waals surface area contributed by atoms with Gasteiger partial charge in [-0.3, -0.25) is 4.79 Å². The van der Waals surface area contributed by atoms with E-state index < -0.39 is 5.97 Å². The van der Waals surface area contributed by atoms with Crippen LogP contribution >= 0.6 is 0 Å². The van der Waals surface area contributed by atoms with Gasteiger partial charge in [0, 0.05) is 0 Å². The molecule has 3 heteroatoms. The number of carboxylic acid groups (broad SMARTS) is 1. The van der Waals surface area contributed by atoms with E-state index in [9.17, 15) is 9.90 Å². The Labute approximate surface area is 113 Å². The van der Waals surface area contributed by atoms with Crippen molar-refractivity contribution >= 4 is 11.5 Å². The fraction of sp³-hybridized carbons (Fsp3) is 0.438. The minimum absolute atomic E-state index is 0.304. The summed E-state index contributed by atoms with van der Waals surface area (Å²) < 4.78 is 5.26. The molecule has 2 rings (SSSR count). The van der Waals surface area contributed by atoms with Crippen LogP contribution in [0.5, 0.6) is 5.75 Å². The summed E-state index contributed by atoms with van der Waals surface area (Å²) in [5.41, 5.74) is 4.90. The highest BCUT2D eigenvalue weighted by Gasteiger charge is 2.24. The van der Waals surface area contributed by atoms with Crippen LogP contribution in [0.2, 0.25) is 0 Å². The zero-order valence-electron chi connectivity index (χ0n) is 11.7. The van der Waals surface area contributed by atoms with Gasteiger partial charge >= 0.3 is 5.97 Å². The summed E-state index contributed by atoms with van der Waals surface area (Å²) in [5, 5.41) is 9.22. The maximum atomic E-state index is 11.2. The highest BCUT2D eigenvalue weighted by molar-refractivity contribution is 5.80. The maximum Gasteiger partial charge on any atom is 0.306 e. The van der Waals surface area contributed by atoms with E-state index in [0.717, 1.165) is 17.7 Å². The third-order valence-corrected chi connectivity index (χ3v) is 3.91. The number of carboxylic acids is 1. The van der Waals surface area contributed by atoms with Crippen LogP contribution in [0, 0.1) is 5.92 Å². The molecular weight excluding hydrogens is 240 g/mol. The third-order valence-electron chi connectivity index (χ3n) is 3.91. The minimum Gasteiger partial charge on any atom is -0.497 e. The standard InChI is InChI=1S/C16H20O3/c1-4-11(16(17)18)8-14-10(2)7-12-5-6-13(19-3)9-15(12)14/h5-6,9,11H,4,7-8H2,1-3H3,(H,17,18). The third kappa shape index (κ3) is 2.65. The molecule has 0 heterocycles. The fourth-order valence-electron chi connectivity index (χ4n) is 2.68. The SMILES string of the molecule is CCC(CC1=C(C)Cc2ccc(OC)cc21)C(=O)O. The molecule has 1 unspecified atom stereocenters. The van der Waals surface area contributed by atoms with Gasteiger partial charge in [-0.15, -0.1) is 0 Å². The number of allylic oxidation sites excluding steroid dienone is 2. The van der Waals surface area contributed by atoms with Gasteiger partial charge in [0.2, 0.25) is 0 Å². The second-order valence-electron chi connectivity index (χ2n) is 5.11. The molecule has 3 nitrogen and oxygen atoms in total. The van der Waals surface area contributed by atoms with Crippen molar-refractivity contribution in [2.75, 3.05) is 7.11 Å². The van der Waals surface area contributed by atoms with Gasteiger partial charge in [0.15, 0.2) is 0 Å². The Kier molecular flexibility index (Phi) is 3.93. The molecule has 1 aliphatic rings. The van der Waals surface area contributed by atoms with Crippen LogP contribution < -0.4 is 4.74 Å². The van der Waals surface area contributed by atoms with Gasteiger partial charge in [-0.05, 0) is 55.0 Å². The van der Waals surface area contributed by atoms with E-state index in [0.29, 0.717) is 12.8 Å². The Morgan fingerprint density at radius 3 is 2.79 bits per heavy atom. The Bertz CT molecular complexity index is 529. The van der Waals surface area contributed by atoms with Crippen molar-refractivity contribution in [3.63, 3.8) is 0 Å². The predicted octanol–water partition coefficient (Wildman–Crippen LogP) is 3.53. The number of ether oxygens (including phenoxy) is 1. The van der Waals surface area contributed by atoms with Crippen LogP contribution in [-0.2, 0) is 11.2 Å². The number of hydrogen-bond donors (Lipinski definition) is 1. The first kappa shape index (κ1) is 13.7. The average Bonchev–Trinajstić information content (AvgIpc) is 2.70. The van der Waals surface area contributed by atoms with Gasteiger partial charge in [-0.2, -0.15) is 0 Å². The molecule has 1 aliphatic carbocycles. The van der Waals surface area contributed by atoms with Crippen molar-refractivity contribution in [2.24, 2.45) is 5.92 Å². The summed E-state index contributed by atoms with van der Waals surface area (Å²) in [6, 6.07) is 6.06. The van der Waals surface area contributed by atoms with E-state index in [1.54, 1.807) is 7.11 Å². The topological polar surface area (TPSA) is 46.5 Å². The van der Waals surface area contributed by atoms with Crippen molar-refractivity contribution in [3.05, 3.63) is 34.9 Å². The Morgan fingerprint density at radius 1 is 1.47 bits per heavy atom. The van der Waals surface area contributed by atoms with E-state index in [4.69, 9.17) is 4.74 Å². The average molecular weight is 260 g/mol. The lowest BCUT2D eigenvalue weighted by molar-refractivity contribution is -0.141. The summed E-state index contributed by atoms with van der Waals surface area (Å²) in [4.78, 5) is 11.2. The molecule has 0 saturated carbocycles. The molecule has 0 spiro atoms. The van der Waals surface area contributed by atoms with Crippen LogP contribution in [0.25, 0.3) is 5.57 Å². The van der Waals surface area contributed by atoms with Crippen molar-refractivity contribution < 1.29 is 14.6 Å². The normalized spacial score (nSPS) is 15.3. The highest BCUT2D eigenvalue weighted by Crippen LogP contribution is 2.39. The molecule has 1 atom stereocenters. The number of hydrogen-bond acceptors (Lipinski definition) is 2. The molecule has 0 fully saturated rings. The Hall–Kier alpha value is -1.77. The molecule has 1 aromatic rings. The largest absolute Gasteiger partial charge is 0.497 e. The second-order valence-corrected chi connectivity index (χ2v) is 5.11. The lowest BCUT2D eigenvalue weighted by Crippen LogP contribution is -2.13. The van der Waals surface area contributed by atoms with E-state index in [1.807, 2.05) is 19.1 Å². The molecule has 1 N–H and O–H groups in total. The second kappa shape index (κ2) is 5.47. The summed E-state index contributed by atoms with van der Waals surface area (Å²) >= 11 is 0. The van der Waals surface area contributed by atoms with Crippen LogP contribution in [0.4, 0.5) is 0 Å². The summed E-state index contributed by atoms with van der Waals surface area (Å²) in [6.45, 7) is 4.02. The molecular formula is C16H20O3. The molecule has 19 heavy (non-hydrogen) atoms. The van der Waals surface area contributed by atoms with Crippen LogP contribution in [-0.4, -0.2) is 18.2 Å². The number of fused-ring (bicyclic) bond motifs is 1. The Morgan fingerprint density at radius 2 is 2.21 bits per heavy atom. The first-order valence-electron chi connectivity index (χ1n) is 6.65. The van der Waals surface area contributed by atoms with Crippen molar-refractivity contribution in [2.45, 2.75) is 33.1 Å². The van der Waals surface area contributed by atoms with Crippen LogP contribution in [0.1, 0.15) is 37.8 Å². The molecule has 0 saturated heterocycles. The number of rotatable bonds is 5. The molecule has 0 bridgehead atoms. The maximum absolute atomic E-state index is 11.2. The number of carbonyl (C=O) groups is 1. The van der Waals surface area contributed by atoms with Gasteiger partial charge in [0.25, 0.3) is 0 Å². The number of aliphatic carboxylic acids is 1. The molecule has 102 valence electrons. The quantitative estimate of drug-likeness (QED) is 0.881. The van der Waals surface area contributed by atoms with Gasteiger partial charge in [0.05, 0.1) is 13.0 Å². The highest BCUT2D eigenvalue weighted by atomic mass is 16.5. The fourth-order valence-corrected chi connectivity index (χ4v) is 2.68. The molecule has 0 amide bonds. The van der Waals surface area contributed by atoms with Gasteiger partial charge < -0.3 is 9.84 Å². The lowest BCUT2D eigenvalue weighted by Gasteiger charge is -2.13. The van der Waals surface area contributed by atoms with E-state index in [1.165, 1.54) is 16.7 Å². The van der Waals surface area contributed by atoms with Gasteiger partial charge in [-0.25, -0.2) is 0 Å². The van der Waals surface area contributed by atoms with Crippen LogP contribution in [0.15, 0.2) is 23.8 Å². The summed E-state index contributed by atoms with van der Waals surface area (Å²) in [5.74, 6) is -0.185. The summed E-state index contributed by atoms with van der Waals surface area (Å²) in [6.07, 6.45) is 2.19. The van der Waals surface area contributed by atoms with E-state index >= 15 is 0 Å². The van der Waals surface area contributed by atoms with E-state index in [-0.39, 0.29) is 5.92 Å². The first-order valence-corrected chi connectivity index (χ1v) is 6.65. The number of benzene rings is 1. The molecule has 1 aromatic carbocycles. The molecule has 0 radical (unpaired) electrons. The van der Waals surface area contributed by atoms with Gasteiger partial charge in [0.1, 0.15) is 5.75 Å². The molecule has 0 aromatic heterocycles. The lowest BCUT2D eigenvalue weighted by atomic mass is 9.92. The summed E-state index contributed by atoms with van der Waals surface area (Å²) in [7, 11) is 1.65. The number of methoxy groups -OCH3 is 1. The van der Waals surface area contributed by atoms with E-state index in [2.05, 4.69) is 13.0 Å². The van der Waals surface area contributed by atoms with Gasteiger partial charge in [-0.1, -0.05) is 18.6 Å². The monoisotopic (exact) mass is 260 g/mol. The minimum atomic E-state index is -0.709. The smallest absolute Gasteiger partial charge is 0.306 e. The zero-order chi connectivity index (χ0) is 14.0. The van der Waals surface area contributed by atoms with Crippen LogP contribution in [0.3, 0.4) is 0 Å². The van der Waals surface area contributed by atoms with Crippen molar-refractivity contribution in [1.82, 2.24) is 0 Å². The Balaban J connectivity index is 2.32.